The first kappa shape index (κ1) is 23.6. The van der Waals surface area contributed by atoms with E-state index < -0.39 is 11.9 Å². The standard InChI is InChI=1S/C25H24ClNO7/c1-32-20-9-13(10-21(33-2)24(20)34-3)15-12-22(29)27(18-5-4-6-19(28)23(15)18)14-7-8-17(26)16(11-14)25(30)31/h7-11,15H,4-6,12H2,1-3H3,(H,30,31). The summed E-state index contributed by atoms with van der Waals surface area (Å²) in [5.41, 5.74) is 2.10. The average molecular weight is 486 g/mol. The lowest BCUT2D eigenvalue weighted by atomic mass is 9.77. The van der Waals surface area contributed by atoms with Crippen molar-refractivity contribution in [2.24, 2.45) is 0 Å². The molecule has 0 radical (unpaired) electrons. The second-order valence-corrected chi connectivity index (χ2v) is 8.46. The van der Waals surface area contributed by atoms with Gasteiger partial charge in [0.25, 0.3) is 0 Å². The molecule has 0 bridgehead atoms. The topological polar surface area (TPSA) is 102 Å². The maximum Gasteiger partial charge on any atom is 0.337 e. The fourth-order valence-corrected chi connectivity index (χ4v) is 4.89. The molecule has 2 aliphatic rings. The Kier molecular flexibility index (Phi) is 6.52. The number of methoxy groups -OCH3 is 3. The first-order valence-corrected chi connectivity index (χ1v) is 11.1. The lowest BCUT2D eigenvalue weighted by Gasteiger charge is -2.38. The van der Waals surface area contributed by atoms with E-state index in [2.05, 4.69) is 0 Å². The number of carbonyl (C=O) groups is 3. The van der Waals surface area contributed by atoms with Crippen molar-refractivity contribution in [1.82, 2.24) is 0 Å². The summed E-state index contributed by atoms with van der Waals surface area (Å²) in [6.07, 6.45) is 1.51. The van der Waals surface area contributed by atoms with Crippen LogP contribution in [-0.2, 0) is 9.59 Å². The Balaban J connectivity index is 1.88. The number of carbonyl (C=O) groups excluding carboxylic acids is 2. The summed E-state index contributed by atoms with van der Waals surface area (Å²) in [6.45, 7) is 0. The van der Waals surface area contributed by atoms with Crippen molar-refractivity contribution in [2.75, 3.05) is 26.2 Å². The summed E-state index contributed by atoms with van der Waals surface area (Å²) < 4.78 is 16.3. The van der Waals surface area contributed by atoms with Crippen LogP contribution in [0.2, 0.25) is 5.02 Å². The molecule has 1 aliphatic heterocycles. The molecule has 9 heteroatoms. The third-order valence-electron chi connectivity index (χ3n) is 6.20. The minimum absolute atomic E-state index is 0.0221. The molecule has 1 amide bonds. The van der Waals surface area contributed by atoms with Gasteiger partial charge < -0.3 is 19.3 Å². The molecule has 1 unspecified atom stereocenters. The molecule has 1 atom stereocenters. The van der Waals surface area contributed by atoms with E-state index in [1.807, 2.05) is 0 Å². The molecule has 8 nitrogen and oxygen atoms in total. The molecule has 2 aromatic carbocycles. The third-order valence-corrected chi connectivity index (χ3v) is 6.53. The molecular formula is C25H24ClNO7. The lowest BCUT2D eigenvalue weighted by molar-refractivity contribution is -0.119. The minimum atomic E-state index is -1.19. The van der Waals surface area contributed by atoms with E-state index in [0.29, 0.717) is 59.0 Å². The van der Waals surface area contributed by atoms with Crippen molar-refractivity contribution in [1.29, 1.82) is 0 Å². The molecule has 0 aromatic heterocycles. The number of carboxylic acid groups (broad SMARTS) is 1. The average Bonchev–Trinajstić information content (AvgIpc) is 2.83. The highest BCUT2D eigenvalue weighted by Gasteiger charge is 2.40. The van der Waals surface area contributed by atoms with Gasteiger partial charge in [-0.25, -0.2) is 4.79 Å². The fraction of sp³-hybridized carbons (Fsp3) is 0.320. The van der Waals surface area contributed by atoms with Gasteiger partial charge in [0.2, 0.25) is 11.7 Å². The van der Waals surface area contributed by atoms with Crippen LogP contribution in [-0.4, -0.2) is 44.1 Å². The summed E-state index contributed by atoms with van der Waals surface area (Å²) in [4.78, 5) is 39.7. The van der Waals surface area contributed by atoms with Crippen LogP contribution in [0, 0.1) is 0 Å². The van der Waals surface area contributed by atoms with E-state index >= 15 is 0 Å². The number of amides is 1. The molecule has 0 saturated carbocycles. The van der Waals surface area contributed by atoms with Crippen molar-refractivity contribution < 1.29 is 33.7 Å². The number of carboxylic acids is 1. The van der Waals surface area contributed by atoms with Gasteiger partial charge in [0, 0.05) is 35.7 Å². The Morgan fingerprint density at radius 2 is 1.71 bits per heavy atom. The number of halogens is 1. The first-order chi connectivity index (χ1) is 16.3. The molecule has 1 aliphatic carbocycles. The quantitative estimate of drug-likeness (QED) is 0.638. The van der Waals surface area contributed by atoms with Crippen LogP contribution >= 0.6 is 11.6 Å². The number of allylic oxidation sites excluding steroid dienone is 2. The van der Waals surface area contributed by atoms with Crippen molar-refractivity contribution in [3.63, 3.8) is 0 Å². The number of rotatable bonds is 6. The van der Waals surface area contributed by atoms with E-state index in [0.717, 1.165) is 0 Å². The van der Waals surface area contributed by atoms with Crippen molar-refractivity contribution in [3.8, 4) is 17.2 Å². The number of aromatic carboxylic acids is 1. The van der Waals surface area contributed by atoms with E-state index in [-0.39, 0.29) is 28.7 Å². The van der Waals surface area contributed by atoms with Gasteiger partial charge >= 0.3 is 5.97 Å². The number of anilines is 1. The molecule has 178 valence electrons. The number of nitrogens with zero attached hydrogens (tertiary/aromatic N) is 1. The summed E-state index contributed by atoms with van der Waals surface area (Å²) in [5.74, 6) is -0.686. The molecule has 0 spiro atoms. The van der Waals surface area contributed by atoms with Crippen LogP contribution in [0.25, 0.3) is 0 Å². The van der Waals surface area contributed by atoms with Crippen LogP contribution in [0.5, 0.6) is 17.2 Å². The van der Waals surface area contributed by atoms with Crippen LogP contribution in [0.4, 0.5) is 5.69 Å². The molecule has 2 aromatic rings. The second-order valence-electron chi connectivity index (χ2n) is 8.05. The Morgan fingerprint density at radius 3 is 2.29 bits per heavy atom. The van der Waals surface area contributed by atoms with Gasteiger partial charge in [-0.1, -0.05) is 11.6 Å². The van der Waals surface area contributed by atoms with Gasteiger partial charge in [0.1, 0.15) is 0 Å². The zero-order valence-corrected chi connectivity index (χ0v) is 19.8. The summed E-state index contributed by atoms with van der Waals surface area (Å²) in [5, 5.41) is 9.55. The molecule has 1 N–H and O–H groups in total. The van der Waals surface area contributed by atoms with E-state index in [9.17, 15) is 19.5 Å². The summed E-state index contributed by atoms with van der Waals surface area (Å²) >= 11 is 6.03. The monoisotopic (exact) mass is 485 g/mol. The number of Topliss-reactive ketones (excluding diaryl/α,β-unsaturated/α-hetero) is 1. The van der Waals surface area contributed by atoms with E-state index in [4.69, 9.17) is 25.8 Å². The molecule has 4 rings (SSSR count). The predicted molar refractivity (Wildman–Crippen MR) is 125 cm³/mol. The number of ketones is 1. The lowest BCUT2D eigenvalue weighted by Crippen LogP contribution is -2.40. The van der Waals surface area contributed by atoms with Gasteiger partial charge in [-0.2, -0.15) is 0 Å². The molecule has 0 saturated heterocycles. The smallest absolute Gasteiger partial charge is 0.337 e. The number of ether oxygens (including phenoxy) is 3. The maximum absolute atomic E-state index is 13.5. The Labute approximate surface area is 201 Å². The Morgan fingerprint density at radius 1 is 1.03 bits per heavy atom. The highest BCUT2D eigenvalue weighted by molar-refractivity contribution is 6.33. The number of benzene rings is 2. The molecular weight excluding hydrogens is 462 g/mol. The van der Waals surface area contributed by atoms with Crippen molar-refractivity contribution in [3.05, 3.63) is 57.8 Å². The van der Waals surface area contributed by atoms with Gasteiger partial charge in [-0.15, -0.1) is 0 Å². The van der Waals surface area contributed by atoms with Crippen molar-refractivity contribution >= 4 is 34.9 Å². The SMILES string of the molecule is COc1cc(C2CC(=O)N(c3ccc(Cl)c(C(=O)O)c3)C3=C2C(=O)CCC3)cc(OC)c1OC. The Bertz CT molecular complexity index is 1190. The van der Waals surface area contributed by atoms with Crippen molar-refractivity contribution in [2.45, 2.75) is 31.6 Å². The van der Waals surface area contributed by atoms with Gasteiger partial charge in [-0.05, 0) is 48.7 Å². The molecule has 0 fully saturated rings. The number of hydrogen-bond acceptors (Lipinski definition) is 6. The first-order valence-electron chi connectivity index (χ1n) is 10.7. The fourth-order valence-electron chi connectivity index (χ4n) is 4.70. The zero-order valence-electron chi connectivity index (χ0n) is 19.0. The highest BCUT2D eigenvalue weighted by atomic mass is 35.5. The minimum Gasteiger partial charge on any atom is -0.493 e. The van der Waals surface area contributed by atoms with E-state index in [1.165, 1.54) is 38.4 Å². The zero-order chi connectivity index (χ0) is 24.6. The van der Waals surface area contributed by atoms with Crippen LogP contribution in [0.15, 0.2) is 41.6 Å². The van der Waals surface area contributed by atoms with Crippen LogP contribution < -0.4 is 19.1 Å². The van der Waals surface area contributed by atoms with E-state index in [1.54, 1.807) is 18.2 Å². The number of hydrogen-bond donors (Lipinski definition) is 1. The third kappa shape index (κ3) is 3.98. The second kappa shape index (κ2) is 9.38. The Hall–Kier alpha value is -3.52. The summed E-state index contributed by atoms with van der Waals surface area (Å²) in [6, 6.07) is 7.92. The normalized spacial score (nSPS) is 18.0. The predicted octanol–water partition coefficient (Wildman–Crippen LogP) is 4.59. The highest BCUT2D eigenvalue weighted by Crippen LogP contribution is 2.47. The molecule has 1 heterocycles. The largest absolute Gasteiger partial charge is 0.493 e. The van der Waals surface area contributed by atoms with Crippen LogP contribution in [0.3, 0.4) is 0 Å². The van der Waals surface area contributed by atoms with Gasteiger partial charge in [-0.3, -0.25) is 14.5 Å². The molecule has 34 heavy (non-hydrogen) atoms. The van der Waals surface area contributed by atoms with Gasteiger partial charge in [0.15, 0.2) is 17.3 Å². The van der Waals surface area contributed by atoms with Gasteiger partial charge in [0.05, 0.1) is 31.9 Å². The summed E-state index contributed by atoms with van der Waals surface area (Å²) in [7, 11) is 4.52. The maximum atomic E-state index is 13.5. The van der Waals surface area contributed by atoms with Crippen LogP contribution in [0.1, 0.15) is 47.5 Å².